The lowest BCUT2D eigenvalue weighted by molar-refractivity contribution is -0.126. The number of pyridine rings is 1. The highest BCUT2D eigenvalue weighted by Gasteiger charge is 2.49. The average molecular weight is 440 g/mol. The van der Waals surface area contributed by atoms with E-state index in [1.54, 1.807) is 53.7 Å². The zero-order valence-corrected chi connectivity index (χ0v) is 17.8. The van der Waals surface area contributed by atoms with Gasteiger partial charge < -0.3 is 24.7 Å². The minimum Gasteiger partial charge on any atom is -0.493 e. The second-order valence-electron chi connectivity index (χ2n) is 7.34. The van der Waals surface area contributed by atoms with Crippen molar-refractivity contribution in [2.24, 2.45) is 5.92 Å². The van der Waals surface area contributed by atoms with E-state index in [4.69, 9.17) is 14.2 Å². The minimum atomic E-state index is -1.11. The molecule has 168 valence electrons. The molecular weight excluding hydrogens is 416 g/mol. The van der Waals surface area contributed by atoms with Gasteiger partial charge in [0.15, 0.2) is 11.5 Å². The van der Waals surface area contributed by atoms with Crippen LogP contribution in [0.2, 0.25) is 0 Å². The summed E-state index contributed by atoms with van der Waals surface area (Å²) in [7, 11) is 4.47. The average Bonchev–Trinajstić information content (AvgIpc) is 3.12. The fraction of sp³-hybridized carbons (Fsp3) is 0.318. The Labute approximate surface area is 184 Å². The van der Waals surface area contributed by atoms with Crippen LogP contribution < -0.4 is 25.0 Å². The number of imide groups is 1. The first-order valence-electron chi connectivity index (χ1n) is 9.95. The quantitative estimate of drug-likeness (QED) is 0.428. The molecule has 0 spiro atoms. The number of hydrazine groups is 1. The minimum absolute atomic E-state index is 0.384. The summed E-state index contributed by atoms with van der Waals surface area (Å²) in [5.74, 6) is 0.125. The van der Waals surface area contributed by atoms with Crippen LogP contribution in [0.3, 0.4) is 0 Å². The molecule has 1 saturated heterocycles. The third-order valence-electron chi connectivity index (χ3n) is 5.56. The van der Waals surface area contributed by atoms with E-state index in [1.165, 1.54) is 21.3 Å². The Kier molecular flexibility index (Phi) is 5.97. The fourth-order valence-corrected chi connectivity index (χ4v) is 4.02. The van der Waals surface area contributed by atoms with E-state index in [-0.39, 0.29) is 5.91 Å². The third kappa shape index (κ3) is 3.74. The van der Waals surface area contributed by atoms with E-state index in [0.29, 0.717) is 28.6 Å². The molecule has 3 N–H and O–H groups in total. The van der Waals surface area contributed by atoms with E-state index in [9.17, 15) is 14.7 Å². The summed E-state index contributed by atoms with van der Waals surface area (Å²) in [6, 6.07) is 7.00. The maximum atomic E-state index is 12.6. The molecule has 1 aromatic heterocycles. The number of ether oxygens (including phenoxy) is 3. The summed E-state index contributed by atoms with van der Waals surface area (Å²) < 4.78 is 16.1. The largest absolute Gasteiger partial charge is 0.493 e. The number of fused-ring (bicyclic) bond motifs is 1. The number of aliphatic hydroxyl groups is 1. The summed E-state index contributed by atoms with van der Waals surface area (Å²) in [4.78, 5) is 29.1. The number of benzene rings is 1. The van der Waals surface area contributed by atoms with Gasteiger partial charge in [0.05, 0.1) is 33.3 Å². The summed E-state index contributed by atoms with van der Waals surface area (Å²) in [5.41, 5.74) is 3.57. The van der Waals surface area contributed by atoms with E-state index in [2.05, 4.69) is 15.7 Å². The zero-order valence-electron chi connectivity index (χ0n) is 17.8. The molecule has 2 aromatic rings. The molecule has 1 aromatic carbocycles. The Morgan fingerprint density at radius 1 is 1.06 bits per heavy atom. The van der Waals surface area contributed by atoms with E-state index < -0.39 is 30.0 Å². The number of nitrogens with one attached hydrogen (secondary N) is 2. The molecule has 10 nitrogen and oxygen atoms in total. The monoisotopic (exact) mass is 440 g/mol. The van der Waals surface area contributed by atoms with Gasteiger partial charge in [-0.25, -0.2) is 4.98 Å². The Morgan fingerprint density at radius 2 is 1.78 bits per heavy atom. The molecule has 0 saturated carbocycles. The first-order chi connectivity index (χ1) is 15.5. The first kappa shape index (κ1) is 21.6. The highest BCUT2D eigenvalue weighted by Crippen LogP contribution is 2.41. The summed E-state index contributed by atoms with van der Waals surface area (Å²) in [6.45, 7) is 0. The van der Waals surface area contributed by atoms with Crippen LogP contribution in [0.5, 0.6) is 17.2 Å². The number of hydrogen-bond acceptors (Lipinski definition) is 9. The van der Waals surface area contributed by atoms with Crippen molar-refractivity contribution >= 4 is 17.6 Å². The van der Waals surface area contributed by atoms with Gasteiger partial charge >= 0.3 is 0 Å². The number of nitrogens with zero attached hydrogens (tertiary/aromatic N) is 2. The van der Waals surface area contributed by atoms with Crippen molar-refractivity contribution in [2.75, 3.05) is 26.8 Å². The second-order valence-corrected chi connectivity index (χ2v) is 7.34. The van der Waals surface area contributed by atoms with Crippen LogP contribution in [0.1, 0.15) is 11.7 Å². The Morgan fingerprint density at radius 3 is 2.38 bits per heavy atom. The molecule has 2 aliphatic rings. The van der Waals surface area contributed by atoms with Crippen LogP contribution in [0.15, 0.2) is 48.7 Å². The molecule has 3 heterocycles. The Bertz CT molecular complexity index is 1020. The lowest BCUT2D eigenvalue weighted by atomic mass is 9.90. The molecule has 0 radical (unpaired) electrons. The number of methoxy groups -OCH3 is 3. The number of carbonyl (C=O) groups is 2. The van der Waals surface area contributed by atoms with Gasteiger partial charge in [0.2, 0.25) is 17.6 Å². The maximum Gasteiger partial charge on any atom is 0.246 e. The van der Waals surface area contributed by atoms with Crippen molar-refractivity contribution in [2.45, 2.75) is 18.2 Å². The predicted octanol–water partition coefficient (Wildman–Crippen LogP) is 1.05. The summed E-state index contributed by atoms with van der Waals surface area (Å²) in [5, 5.41) is 15.3. The van der Waals surface area contributed by atoms with Gasteiger partial charge in [0.25, 0.3) is 0 Å². The van der Waals surface area contributed by atoms with Gasteiger partial charge in [-0.1, -0.05) is 18.2 Å². The first-order valence-corrected chi connectivity index (χ1v) is 9.95. The van der Waals surface area contributed by atoms with E-state index in [0.717, 1.165) is 0 Å². The predicted molar refractivity (Wildman–Crippen MR) is 114 cm³/mol. The van der Waals surface area contributed by atoms with Crippen molar-refractivity contribution in [1.82, 2.24) is 15.3 Å². The van der Waals surface area contributed by atoms with Crippen LogP contribution in [-0.4, -0.2) is 60.3 Å². The number of carbonyl (C=O) groups excluding carboxylic acids is 2. The van der Waals surface area contributed by atoms with Crippen LogP contribution in [0.25, 0.3) is 0 Å². The zero-order chi connectivity index (χ0) is 22.8. The van der Waals surface area contributed by atoms with Crippen molar-refractivity contribution in [3.8, 4) is 17.2 Å². The second kappa shape index (κ2) is 8.85. The maximum absolute atomic E-state index is 12.6. The smallest absolute Gasteiger partial charge is 0.246 e. The van der Waals surface area contributed by atoms with Crippen LogP contribution in [-0.2, 0) is 9.59 Å². The molecule has 4 rings (SSSR count). The number of aromatic nitrogens is 1. The van der Waals surface area contributed by atoms with Gasteiger partial charge in [0, 0.05) is 6.20 Å². The van der Waals surface area contributed by atoms with Gasteiger partial charge in [-0.05, 0) is 29.8 Å². The van der Waals surface area contributed by atoms with Gasteiger partial charge in [-0.15, -0.1) is 0 Å². The van der Waals surface area contributed by atoms with Crippen LogP contribution in [0.4, 0.5) is 5.82 Å². The molecule has 0 aliphatic carbocycles. The number of aliphatic hydroxyl groups excluding tert-OH is 1. The Balaban J connectivity index is 1.74. The lowest BCUT2D eigenvalue weighted by Crippen LogP contribution is -2.55. The standard InChI is InChI=1S/C22H24N4O6/c1-30-15-10-12(11-16(31-2)20(15)32-3)19(27)14-8-7-13-18(22(29)24-21(13)28)26(14)25-17-6-4-5-9-23-17/h4-11,13-14,18-19,27H,1-3H3,(H,23,25)(H,24,28,29). The van der Waals surface area contributed by atoms with Crippen molar-refractivity contribution in [1.29, 1.82) is 0 Å². The van der Waals surface area contributed by atoms with Crippen molar-refractivity contribution in [3.63, 3.8) is 0 Å². The number of hydrogen-bond donors (Lipinski definition) is 3. The van der Waals surface area contributed by atoms with E-state index in [1.807, 2.05) is 0 Å². The van der Waals surface area contributed by atoms with Gasteiger partial charge in [-0.2, -0.15) is 5.01 Å². The number of anilines is 1. The fourth-order valence-electron chi connectivity index (χ4n) is 4.02. The molecule has 2 amide bonds. The highest BCUT2D eigenvalue weighted by atomic mass is 16.5. The topological polar surface area (TPSA) is 122 Å². The van der Waals surface area contributed by atoms with Gasteiger partial charge in [0.1, 0.15) is 18.0 Å². The molecule has 2 aliphatic heterocycles. The molecule has 10 heteroatoms. The molecule has 0 bridgehead atoms. The van der Waals surface area contributed by atoms with Crippen molar-refractivity contribution in [3.05, 3.63) is 54.2 Å². The molecule has 4 unspecified atom stereocenters. The highest BCUT2D eigenvalue weighted by molar-refractivity contribution is 6.08. The summed E-state index contributed by atoms with van der Waals surface area (Å²) >= 11 is 0. The summed E-state index contributed by atoms with van der Waals surface area (Å²) in [6.07, 6.45) is 3.83. The van der Waals surface area contributed by atoms with Gasteiger partial charge in [-0.3, -0.25) is 14.9 Å². The van der Waals surface area contributed by atoms with Crippen molar-refractivity contribution < 1.29 is 28.9 Å². The Hall–Kier alpha value is -3.63. The molecule has 4 atom stereocenters. The normalized spacial score (nSPS) is 23.3. The van der Waals surface area contributed by atoms with Crippen LogP contribution in [0, 0.1) is 5.92 Å². The molecule has 1 fully saturated rings. The number of amides is 2. The molecular formula is C22H24N4O6. The molecule has 32 heavy (non-hydrogen) atoms. The number of rotatable bonds is 7. The van der Waals surface area contributed by atoms with Crippen LogP contribution >= 0.6 is 0 Å². The third-order valence-corrected chi connectivity index (χ3v) is 5.56. The SMILES string of the molecule is COc1cc(C(O)C2C=CC3C(=O)NC(=O)C3N2Nc2ccccn2)cc(OC)c1OC. The van der Waals surface area contributed by atoms with E-state index >= 15 is 0 Å². The lowest BCUT2D eigenvalue weighted by Gasteiger charge is -2.40.